The highest BCUT2D eigenvalue weighted by Gasteiger charge is 2.21. The zero-order valence-corrected chi connectivity index (χ0v) is 14.5. The van der Waals surface area contributed by atoms with Crippen LogP contribution < -0.4 is 10.6 Å². The van der Waals surface area contributed by atoms with Crippen molar-refractivity contribution in [1.82, 2.24) is 15.6 Å². The number of nitrogens with zero attached hydrogens (tertiary/aromatic N) is 1. The number of hydrogen-bond acceptors (Lipinski definition) is 5. The number of carbonyl (C=O) groups is 1. The predicted molar refractivity (Wildman–Crippen MR) is 94.3 cm³/mol. The van der Waals surface area contributed by atoms with E-state index in [0.717, 1.165) is 42.8 Å². The quantitative estimate of drug-likeness (QED) is 0.754. The van der Waals surface area contributed by atoms with Crippen molar-refractivity contribution in [2.75, 3.05) is 19.6 Å². The minimum absolute atomic E-state index is 0.0304. The molecule has 1 aliphatic rings. The van der Waals surface area contributed by atoms with Gasteiger partial charge in [-0.05, 0) is 50.6 Å². The molecular formula is C18H22ClN3O2. The van der Waals surface area contributed by atoms with E-state index in [-0.39, 0.29) is 11.8 Å². The third kappa shape index (κ3) is 4.23. The summed E-state index contributed by atoms with van der Waals surface area (Å²) in [5.74, 6) is 1.65. The van der Waals surface area contributed by atoms with Gasteiger partial charge in [-0.1, -0.05) is 11.6 Å². The first-order chi connectivity index (χ1) is 11.6. The largest absolute Gasteiger partial charge is 0.441 e. The fourth-order valence-electron chi connectivity index (χ4n) is 2.88. The Morgan fingerprint density at radius 1 is 1.42 bits per heavy atom. The molecule has 24 heavy (non-hydrogen) atoms. The van der Waals surface area contributed by atoms with Crippen LogP contribution in [0, 0.1) is 6.92 Å². The third-order valence-corrected chi connectivity index (χ3v) is 4.52. The Kier molecular flexibility index (Phi) is 5.66. The molecule has 0 bridgehead atoms. The van der Waals surface area contributed by atoms with Gasteiger partial charge in [0.15, 0.2) is 5.78 Å². The molecule has 1 fully saturated rings. The Bertz CT molecular complexity index is 691. The number of aryl methyl sites for hydroxylation is 1. The highest BCUT2D eigenvalue weighted by Crippen LogP contribution is 2.23. The van der Waals surface area contributed by atoms with Crippen LogP contribution in [0.15, 0.2) is 28.7 Å². The Morgan fingerprint density at radius 3 is 2.92 bits per heavy atom. The van der Waals surface area contributed by atoms with Crippen LogP contribution in [0.4, 0.5) is 0 Å². The molecule has 0 spiro atoms. The van der Waals surface area contributed by atoms with Crippen molar-refractivity contribution in [1.29, 1.82) is 0 Å². The van der Waals surface area contributed by atoms with Gasteiger partial charge in [0.25, 0.3) is 0 Å². The average molecular weight is 348 g/mol. The zero-order valence-electron chi connectivity index (χ0n) is 13.8. The van der Waals surface area contributed by atoms with Gasteiger partial charge in [-0.2, -0.15) is 0 Å². The molecule has 0 saturated carbocycles. The van der Waals surface area contributed by atoms with Crippen LogP contribution in [-0.4, -0.2) is 36.4 Å². The summed E-state index contributed by atoms with van der Waals surface area (Å²) in [6.07, 6.45) is 2.77. The summed E-state index contributed by atoms with van der Waals surface area (Å²) in [6, 6.07) is 7.45. The summed E-state index contributed by atoms with van der Waals surface area (Å²) in [6.45, 7) is 3.96. The second-order valence-electron chi connectivity index (χ2n) is 6.07. The molecule has 6 heteroatoms. The number of ketones is 1. The number of carbonyl (C=O) groups excluding carboxylic acids is 1. The van der Waals surface area contributed by atoms with Crippen LogP contribution in [0.25, 0.3) is 11.5 Å². The normalized spacial score (nSPS) is 17.3. The maximum absolute atomic E-state index is 12.0. The van der Waals surface area contributed by atoms with E-state index in [1.165, 1.54) is 0 Å². The molecule has 1 aromatic heterocycles. The van der Waals surface area contributed by atoms with E-state index in [2.05, 4.69) is 15.6 Å². The molecule has 2 N–H and O–H groups in total. The summed E-state index contributed by atoms with van der Waals surface area (Å²) in [7, 11) is 0. The van der Waals surface area contributed by atoms with Crippen LogP contribution >= 0.6 is 11.6 Å². The van der Waals surface area contributed by atoms with E-state index in [1.54, 1.807) is 0 Å². The molecule has 0 unspecified atom stereocenters. The Hall–Kier alpha value is -1.69. The van der Waals surface area contributed by atoms with Crippen molar-refractivity contribution >= 4 is 17.4 Å². The van der Waals surface area contributed by atoms with Crippen LogP contribution in [0.3, 0.4) is 0 Å². The number of aromatic nitrogens is 1. The van der Waals surface area contributed by atoms with Gasteiger partial charge in [-0.15, -0.1) is 0 Å². The number of oxazole rings is 1. The Labute approximate surface area is 146 Å². The lowest BCUT2D eigenvalue weighted by atomic mass is 10.1. The topological polar surface area (TPSA) is 67.2 Å². The standard InChI is InChI=1S/C18H22ClN3O2/c1-12-15(8-10-20-11-17(23)16-3-2-9-21-16)22-18(24-12)13-4-6-14(19)7-5-13/h4-7,16,20-21H,2-3,8-11H2,1H3/t16-/m0/s1. The molecule has 0 aliphatic carbocycles. The predicted octanol–water partition coefficient (Wildman–Crippen LogP) is 2.76. The first-order valence-electron chi connectivity index (χ1n) is 8.32. The van der Waals surface area contributed by atoms with Crippen LogP contribution in [0.2, 0.25) is 5.02 Å². The van der Waals surface area contributed by atoms with Crippen LogP contribution in [0.1, 0.15) is 24.3 Å². The van der Waals surface area contributed by atoms with Crippen molar-refractivity contribution in [3.63, 3.8) is 0 Å². The molecule has 1 aromatic carbocycles. The molecule has 1 aliphatic heterocycles. The maximum Gasteiger partial charge on any atom is 0.226 e. The number of rotatable bonds is 7. The molecule has 0 amide bonds. The lowest BCUT2D eigenvalue weighted by molar-refractivity contribution is -0.119. The second-order valence-corrected chi connectivity index (χ2v) is 6.51. The van der Waals surface area contributed by atoms with Gasteiger partial charge in [0, 0.05) is 23.6 Å². The zero-order chi connectivity index (χ0) is 16.9. The molecule has 128 valence electrons. The van der Waals surface area contributed by atoms with Gasteiger partial charge in [-0.25, -0.2) is 4.98 Å². The summed E-state index contributed by atoms with van der Waals surface area (Å²) in [5, 5.41) is 7.12. The molecule has 3 rings (SSSR count). The average Bonchev–Trinajstić information content (AvgIpc) is 3.22. The van der Waals surface area contributed by atoms with Gasteiger partial charge in [-0.3, -0.25) is 4.79 Å². The lowest BCUT2D eigenvalue weighted by Gasteiger charge is -2.09. The van der Waals surface area contributed by atoms with Crippen LogP contribution in [0.5, 0.6) is 0 Å². The number of hydrogen-bond donors (Lipinski definition) is 2. The minimum atomic E-state index is 0.0304. The van der Waals surface area contributed by atoms with Crippen molar-refractivity contribution in [3.05, 3.63) is 40.7 Å². The number of Topliss-reactive ketones (excluding diaryl/α,β-unsaturated/α-hetero) is 1. The van der Waals surface area contributed by atoms with E-state index in [9.17, 15) is 4.79 Å². The molecule has 0 radical (unpaired) electrons. The Morgan fingerprint density at radius 2 is 2.21 bits per heavy atom. The molecule has 2 aromatic rings. The SMILES string of the molecule is Cc1oc(-c2ccc(Cl)cc2)nc1CCNCC(=O)[C@@H]1CCCN1. The molecule has 1 atom stereocenters. The second kappa shape index (κ2) is 7.92. The lowest BCUT2D eigenvalue weighted by Crippen LogP contribution is -2.38. The van der Waals surface area contributed by atoms with Gasteiger partial charge < -0.3 is 15.1 Å². The fourth-order valence-corrected chi connectivity index (χ4v) is 3.00. The monoisotopic (exact) mass is 347 g/mol. The van der Waals surface area contributed by atoms with Crippen LogP contribution in [-0.2, 0) is 11.2 Å². The minimum Gasteiger partial charge on any atom is -0.441 e. The highest BCUT2D eigenvalue weighted by molar-refractivity contribution is 6.30. The first kappa shape index (κ1) is 17.1. The Balaban J connectivity index is 1.50. The van der Waals surface area contributed by atoms with E-state index < -0.39 is 0 Å². The van der Waals surface area contributed by atoms with Crippen molar-refractivity contribution < 1.29 is 9.21 Å². The summed E-state index contributed by atoms with van der Waals surface area (Å²) in [4.78, 5) is 16.5. The van der Waals surface area contributed by atoms with Crippen molar-refractivity contribution in [2.24, 2.45) is 0 Å². The summed E-state index contributed by atoms with van der Waals surface area (Å²) < 4.78 is 5.74. The smallest absolute Gasteiger partial charge is 0.226 e. The van der Waals surface area contributed by atoms with Gasteiger partial charge in [0.1, 0.15) is 5.76 Å². The van der Waals surface area contributed by atoms with Gasteiger partial charge in [0.2, 0.25) is 5.89 Å². The number of halogens is 1. The van der Waals surface area contributed by atoms with Gasteiger partial charge in [0.05, 0.1) is 18.3 Å². The number of benzene rings is 1. The van der Waals surface area contributed by atoms with E-state index >= 15 is 0 Å². The maximum atomic E-state index is 12.0. The van der Waals surface area contributed by atoms with E-state index in [0.29, 0.717) is 24.0 Å². The molecular weight excluding hydrogens is 326 g/mol. The number of nitrogens with one attached hydrogen (secondary N) is 2. The van der Waals surface area contributed by atoms with Crippen molar-refractivity contribution in [3.8, 4) is 11.5 Å². The van der Waals surface area contributed by atoms with Crippen molar-refractivity contribution in [2.45, 2.75) is 32.2 Å². The molecule has 5 nitrogen and oxygen atoms in total. The molecule has 2 heterocycles. The third-order valence-electron chi connectivity index (χ3n) is 4.27. The van der Waals surface area contributed by atoms with Gasteiger partial charge >= 0.3 is 0 Å². The molecule has 1 saturated heterocycles. The fraction of sp³-hybridized carbons (Fsp3) is 0.444. The van der Waals surface area contributed by atoms with E-state index in [1.807, 2.05) is 31.2 Å². The highest BCUT2D eigenvalue weighted by atomic mass is 35.5. The summed E-state index contributed by atoms with van der Waals surface area (Å²) in [5.41, 5.74) is 1.82. The first-order valence-corrected chi connectivity index (χ1v) is 8.70. The summed E-state index contributed by atoms with van der Waals surface area (Å²) >= 11 is 5.90. The van der Waals surface area contributed by atoms with E-state index in [4.69, 9.17) is 16.0 Å².